The molecule has 2 amide bonds. The highest BCUT2D eigenvalue weighted by Gasteiger charge is 2.21. The first-order valence-electron chi connectivity index (χ1n) is 7.49. The van der Waals surface area contributed by atoms with E-state index in [0.717, 1.165) is 29.4 Å². The van der Waals surface area contributed by atoms with Gasteiger partial charge in [-0.15, -0.1) is 11.3 Å². The molecule has 0 unspecified atom stereocenters. The molecule has 1 aliphatic heterocycles. The summed E-state index contributed by atoms with van der Waals surface area (Å²) in [4.78, 5) is 29.6. The molecular formula is C15H23N3O2S2. The van der Waals surface area contributed by atoms with E-state index >= 15 is 0 Å². The second kappa shape index (κ2) is 7.46. The van der Waals surface area contributed by atoms with Crippen molar-refractivity contribution in [1.82, 2.24) is 15.2 Å². The highest BCUT2D eigenvalue weighted by atomic mass is 32.2. The largest absolute Gasteiger partial charge is 0.356 e. The van der Waals surface area contributed by atoms with Gasteiger partial charge in [0.25, 0.3) is 5.24 Å². The normalized spacial score (nSPS) is 15.4. The molecule has 122 valence electrons. The number of aromatic nitrogens is 1. The van der Waals surface area contributed by atoms with Crippen LogP contribution in [0.1, 0.15) is 37.9 Å². The molecule has 1 aliphatic rings. The van der Waals surface area contributed by atoms with Crippen molar-refractivity contribution in [3.63, 3.8) is 0 Å². The third kappa shape index (κ3) is 4.98. The lowest BCUT2D eigenvalue weighted by Crippen LogP contribution is -2.31. The van der Waals surface area contributed by atoms with Crippen LogP contribution in [0.25, 0.3) is 0 Å². The van der Waals surface area contributed by atoms with Crippen LogP contribution in [0, 0.1) is 0 Å². The summed E-state index contributed by atoms with van der Waals surface area (Å²) in [6, 6.07) is 0. The summed E-state index contributed by atoms with van der Waals surface area (Å²) < 4.78 is 0. The number of carbonyl (C=O) groups is 2. The minimum atomic E-state index is -0.00250. The minimum absolute atomic E-state index is 0.00250. The van der Waals surface area contributed by atoms with Gasteiger partial charge in [0, 0.05) is 49.0 Å². The lowest BCUT2D eigenvalue weighted by molar-refractivity contribution is -0.121. The predicted octanol–water partition coefficient (Wildman–Crippen LogP) is 2.66. The summed E-state index contributed by atoms with van der Waals surface area (Å²) in [5.74, 6) is 0.831. The van der Waals surface area contributed by atoms with Crippen LogP contribution in [0.3, 0.4) is 0 Å². The Kier molecular flexibility index (Phi) is 5.86. The Hall–Kier alpha value is -1.08. The summed E-state index contributed by atoms with van der Waals surface area (Å²) in [7, 11) is 0. The van der Waals surface area contributed by atoms with Crippen LogP contribution in [0.5, 0.6) is 0 Å². The van der Waals surface area contributed by atoms with E-state index < -0.39 is 0 Å². The summed E-state index contributed by atoms with van der Waals surface area (Å²) in [6.45, 7) is 8.30. The third-order valence-corrected chi connectivity index (χ3v) is 5.24. The number of nitrogens with one attached hydrogen (secondary N) is 1. The number of hydrogen-bond acceptors (Lipinski definition) is 5. The Balaban J connectivity index is 1.66. The van der Waals surface area contributed by atoms with E-state index in [1.54, 1.807) is 16.2 Å². The van der Waals surface area contributed by atoms with Crippen LogP contribution < -0.4 is 5.32 Å². The molecule has 1 N–H and O–H groups in total. The first-order chi connectivity index (χ1) is 10.4. The Morgan fingerprint density at radius 2 is 2.23 bits per heavy atom. The maximum absolute atomic E-state index is 11.8. The van der Waals surface area contributed by atoms with Gasteiger partial charge in [0.05, 0.1) is 10.7 Å². The van der Waals surface area contributed by atoms with Crippen LogP contribution in [-0.4, -0.2) is 46.4 Å². The molecule has 2 heterocycles. The Bertz CT molecular complexity index is 537. The summed E-state index contributed by atoms with van der Waals surface area (Å²) >= 11 is 2.97. The first-order valence-corrected chi connectivity index (χ1v) is 9.36. The molecule has 0 aromatic carbocycles. The van der Waals surface area contributed by atoms with Gasteiger partial charge in [-0.1, -0.05) is 32.5 Å². The molecule has 5 nitrogen and oxygen atoms in total. The predicted molar refractivity (Wildman–Crippen MR) is 91.6 cm³/mol. The van der Waals surface area contributed by atoms with E-state index in [4.69, 9.17) is 0 Å². The van der Waals surface area contributed by atoms with Crippen molar-refractivity contribution in [3.05, 3.63) is 16.1 Å². The fourth-order valence-corrected chi connectivity index (χ4v) is 3.91. The van der Waals surface area contributed by atoms with Gasteiger partial charge in [-0.3, -0.25) is 9.59 Å². The zero-order chi connectivity index (χ0) is 16.2. The second-order valence-electron chi connectivity index (χ2n) is 6.33. The summed E-state index contributed by atoms with van der Waals surface area (Å²) in [5.41, 5.74) is 1.17. The topological polar surface area (TPSA) is 62.3 Å². The molecule has 2 rings (SSSR count). The maximum Gasteiger partial charge on any atom is 0.281 e. The molecule has 1 aromatic heterocycles. The van der Waals surface area contributed by atoms with Crippen LogP contribution in [-0.2, 0) is 16.6 Å². The lowest BCUT2D eigenvalue weighted by Gasteiger charge is -2.14. The number of amides is 2. The second-order valence-corrected chi connectivity index (χ2v) is 8.32. The SMILES string of the molecule is CC(C)(C)c1csc(CCNC(=O)CCN2CCSC2=O)n1. The zero-order valence-corrected chi connectivity index (χ0v) is 15.0. The number of thiazole rings is 1. The van der Waals surface area contributed by atoms with Gasteiger partial charge in [0.2, 0.25) is 5.91 Å². The van der Waals surface area contributed by atoms with Gasteiger partial charge in [0.1, 0.15) is 0 Å². The first kappa shape index (κ1) is 17.3. The van der Waals surface area contributed by atoms with Crippen molar-refractivity contribution < 1.29 is 9.59 Å². The maximum atomic E-state index is 11.8. The molecule has 0 aliphatic carbocycles. The molecule has 0 radical (unpaired) electrons. The molecule has 0 spiro atoms. The van der Waals surface area contributed by atoms with E-state index in [1.165, 1.54) is 11.8 Å². The van der Waals surface area contributed by atoms with Crippen LogP contribution >= 0.6 is 23.1 Å². The number of hydrogen-bond donors (Lipinski definition) is 1. The fourth-order valence-electron chi connectivity index (χ4n) is 2.03. The number of rotatable bonds is 6. The Morgan fingerprint density at radius 3 is 2.82 bits per heavy atom. The molecule has 1 fully saturated rings. The van der Waals surface area contributed by atoms with Gasteiger partial charge in [-0.05, 0) is 0 Å². The standard InChI is InChI=1S/C15H23N3O2S2/c1-15(2,3)11-10-22-13(17-11)4-6-16-12(19)5-7-18-8-9-21-14(18)20/h10H,4-9H2,1-3H3,(H,16,19). The van der Waals surface area contributed by atoms with Gasteiger partial charge in [-0.2, -0.15) is 0 Å². The van der Waals surface area contributed by atoms with Crippen LogP contribution in [0.4, 0.5) is 4.79 Å². The monoisotopic (exact) mass is 341 g/mol. The highest BCUT2D eigenvalue weighted by molar-refractivity contribution is 8.13. The zero-order valence-electron chi connectivity index (χ0n) is 13.3. The van der Waals surface area contributed by atoms with E-state index in [9.17, 15) is 9.59 Å². The molecular weight excluding hydrogens is 318 g/mol. The van der Waals surface area contributed by atoms with Gasteiger partial charge >= 0.3 is 0 Å². The van der Waals surface area contributed by atoms with Gasteiger partial charge in [0.15, 0.2) is 0 Å². The van der Waals surface area contributed by atoms with E-state index in [-0.39, 0.29) is 16.6 Å². The van der Waals surface area contributed by atoms with E-state index in [1.807, 2.05) is 0 Å². The number of carbonyl (C=O) groups excluding carboxylic acids is 2. The van der Waals surface area contributed by atoms with Gasteiger partial charge in [-0.25, -0.2) is 4.98 Å². The molecule has 0 saturated carbocycles. The molecule has 22 heavy (non-hydrogen) atoms. The minimum Gasteiger partial charge on any atom is -0.356 e. The van der Waals surface area contributed by atoms with Crippen molar-refractivity contribution in [1.29, 1.82) is 0 Å². The van der Waals surface area contributed by atoms with Crippen molar-refractivity contribution in [3.8, 4) is 0 Å². The average Bonchev–Trinajstić information content (AvgIpc) is 3.05. The Labute approximate surface area is 139 Å². The van der Waals surface area contributed by atoms with Crippen LogP contribution in [0.15, 0.2) is 5.38 Å². The highest BCUT2D eigenvalue weighted by Crippen LogP contribution is 2.23. The molecule has 0 atom stereocenters. The molecule has 7 heteroatoms. The molecule has 1 saturated heterocycles. The van der Waals surface area contributed by atoms with Gasteiger partial charge < -0.3 is 10.2 Å². The quantitative estimate of drug-likeness (QED) is 0.864. The number of nitrogens with zero attached hydrogens (tertiary/aromatic N) is 2. The van der Waals surface area contributed by atoms with Crippen molar-refractivity contribution in [2.45, 2.75) is 39.0 Å². The number of thioether (sulfide) groups is 1. The van der Waals surface area contributed by atoms with Crippen molar-refractivity contribution in [2.75, 3.05) is 25.4 Å². The van der Waals surface area contributed by atoms with E-state index in [2.05, 4.69) is 36.5 Å². The fraction of sp³-hybridized carbons (Fsp3) is 0.667. The summed E-state index contributed by atoms with van der Waals surface area (Å²) in [6.07, 6.45) is 1.13. The van der Waals surface area contributed by atoms with Crippen molar-refractivity contribution >= 4 is 34.2 Å². The summed E-state index contributed by atoms with van der Waals surface area (Å²) in [5, 5.41) is 6.13. The average molecular weight is 342 g/mol. The lowest BCUT2D eigenvalue weighted by atomic mass is 9.93. The van der Waals surface area contributed by atoms with Crippen LogP contribution in [0.2, 0.25) is 0 Å². The molecule has 0 bridgehead atoms. The third-order valence-electron chi connectivity index (χ3n) is 3.43. The Morgan fingerprint density at radius 1 is 1.45 bits per heavy atom. The molecule has 1 aromatic rings. The van der Waals surface area contributed by atoms with E-state index in [0.29, 0.717) is 19.5 Å². The smallest absolute Gasteiger partial charge is 0.281 e. The van der Waals surface area contributed by atoms with Crippen molar-refractivity contribution in [2.24, 2.45) is 0 Å².